The van der Waals surface area contributed by atoms with Gasteiger partial charge in [0.1, 0.15) is 5.82 Å². The monoisotopic (exact) mass is 420 g/mol. The van der Waals surface area contributed by atoms with Crippen molar-refractivity contribution >= 4 is 33.4 Å². The van der Waals surface area contributed by atoms with Crippen LogP contribution >= 0.6 is 0 Å². The molecular weight excluding hydrogens is 396 g/mol. The van der Waals surface area contributed by atoms with Gasteiger partial charge in [-0.25, -0.2) is 17.9 Å². The molecule has 1 aliphatic heterocycles. The molecule has 0 spiro atoms. The highest BCUT2D eigenvalue weighted by Gasteiger charge is 2.28. The lowest BCUT2D eigenvalue weighted by atomic mass is 10.1. The van der Waals surface area contributed by atoms with Crippen molar-refractivity contribution < 1.29 is 22.7 Å². The van der Waals surface area contributed by atoms with Gasteiger partial charge in [-0.1, -0.05) is 0 Å². The highest BCUT2D eigenvalue weighted by Crippen LogP contribution is 2.31. The first-order chi connectivity index (χ1) is 13.6. The molecule has 1 amide bonds. The number of sulfonamides is 1. The Bertz CT molecular complexity index is 1040. The summed E-state index contributed by atoms with van der Waals surface area (Å²) in [6.45, 7) is 5.70. The fourth-order valence-corrected chi connectivity index (χ4v) is 4.14. The molecule has 9 nitrogen and oxygen atoms in total. The van der Waals surface area contributed by atoms with Crippen LogP contribution in [0.4, 0.5) is 11.5 Å². The van der Waals surface area contributed by atoms with E-state index in [0.717, 1.165) is 11.8 Å². The number of hydrogen-bond donors (Lipinski definition) is 1. The Kier molecular flexibility index (Phi) is 5.65. The third-order valence-corrected chi connectivity index (χ3v) is 5.81. The van der Waals surface area contributed by atoms with E-state index in [0.29, 0.717) is 24.5 Å². The Morgan fingerprint density at radius 2 is 1.93 bits per heavy atom. The van der Waals surface area contributed by atoms with Crippen LogP contribution in [0.1, 0.15) is 42.7 Å². The van der Waals surface area contributed by atoms with E-state index in [2.05, 4.69) is 10.4 Å². The summed E-state index contributed by atoms with van der Waals surface area (Å²) in [4.78, 5) is 24.9. The molecule has 0 aliphatic carbocycles. The number of carbonyl (C=O) groups is 2. The number of rotatable bonds is 6. The van der Waals surface area contributed by atoms with Crippen LogP contribution in [-0.2, 0) is 26.0 Å². The molecule has 2 aromatic rings. The van der Waals surface area contributed by atoms with E-state index in [4.69, 9.17) is 4.74 Å². The Labute approximate surface area is 169 Å². The van der Waals surface area contributed by atoms with Gasteiger partial charge >= 0.3 is 5.97 Å². The lowest BCUT2D eigenvalue weighted by Crippen LogP contribution is -2.31. The van der Waals surface area contributed by atoms with E-state index in [1.54, 1.807) is 29.1 Å². The van der Waals surface area contributed by atoms with Gasteiger partial charge < -0.3 is 10.1 Å². The average Bonchev–Trinajstić information content (AvgIpc) is 3.26. The Balaban J connectivity index is 1.67. The molecule has 0 saturated carbocycles. The number of aromatic nitrogens is 2. The summed E-state index contributed by atoms with van der Waals surface area (Å²) in [5.41, 5.74) is 1.59. The molecule has 0 radical (unpaired) electrons. The van der Waals surface area contributed by atoms with Gasteiger partial charge in [-0.15, -0.1) is 0 Å². The molecule has 0 bridgehead atoms. The van der Waals surface area contributed by atoms with Gasteiger partial charge in [0.25, 0.3) is 5.91 Å². The van der Waals surface area contributed by atoms with Crippen LogP contribution in [0.5, 0.6) is 0 Å². The number of esters is 1. The van der Waals surface area contributed by atoms with E-state index in [1.165, 1.54) is 17.3 Å². The second-order valence-corrected chi connectivity index (χ2v) is 9.13. The third-order valence-electron chi connectivity index (χ3n) is 4.63. The molecule has 2 heterocycles. The minimum absolute atomic E-state index is 0.0658. The van der Waals surface area contributed by atoms with E-state index in [9.17, 15) is 18.0 Å². The summed E-state index contributed by atoms with van der Waals surface area (Å²) in [6.07, 6.45) is 2.23. The molecule has 10 heteroatoms. The topological polar surface area (TPSA) is 111 Å². The molecule has 3 rings (SSSR count). The number of fused-ring (bicyclic) bond motifs is 1. The quantitative estimate of drug-likeness (QED) is 0.716. The number of benzene rings is 1. The first-order valence-electron chi connectivity index (χ1n) is 9.24. The van der Waals surface area contributed by atoms with Crippen molar-refractivity contribution in [1.82, 2.24) is 9.78 Å². The number of hydrogen-bond acceptors (Lipinski definition) is 6. The molecule has 1 N–H and O–H groups in total. The molecule has 1 aliphatic rings. The fourth-order valence-electron chi connectivity index (χ4n) is 3.18. The van der Waals surface area contributed by atoms with Crippen LogP contribution in [0.15, 0.2) is 30.5 Å². The number of ether oxygens (including phenoxy) is 1. The van der Waals surface area contributed by atoms with Crippen molar-refractivity contribution in [2.75, 3.05) is 22.4 Å². The maximum absolute atomic E-state index is 12.5. The van der Waals surface area contributed by atoms with Crippen LogP contribution in [0.2, 0.25) is 0 Å². The minimum atomic E-state index is -3.36. The molecule has 0 fully saturated rings. The first-order valence-corrected chi connectivity index (χ1v) is 11.1. The molecular formula is C19H24N4O5S. The van der Waals surface area contributed by atoms with Crippen molar-refractivity contribution in [2.24, 2.45) is 0 Å². The van der Waals surface area contributed by atoms with Gasteiger partial charge in [0, 0.05) is 18.7 Å². The number of nitrogens with one attached hydrogen (secondary N) is 1. The second-order valence-electron chi connectivity index (χ2n) is 7.22. The minimum Gasteiger partial charge on any atom is -0.449 e. The largest absolute Gasteiger partial charge is 0.449 e. The van der Waals surface area contributed by atoms with Gasteiger partial charge in [0.2, 0.25) is 10.0 Å². The molecule has 1 aromatic carbocycles. The van der Waals surface area contributed by atoms with Gasteiger partial charge in [-0.2, -0.15) is 5.10 Å². The molecule has 0 saturated heterocycles. The van der Waals surface area contributed by atoms with Crippen molar-refractivity contribution in [3.8, 4) is 0 Å². The zero-order valence-electron chi connectivity index (χ0n) is 16.7. The lowest BCUT2D eigenvalue weighted by molar-refractivity contribution is -0.123. The van der Waals surface area contributed by atoms with Crippen LogP contribution in [-0.4, -0.2) is 49.0 Å². The fraction of sp³-hybridized carbons (Fsp3) is 0.421. The zero-order valence-corrected chi connectivity index (χ0v) is 17.6. The Morgan fingerprint density at radius 1 is 1.21 bits per heavy atom. The number of amides is 1. The summed E-state index contributed by atoms with van der Waals surface area (Å²) in [5, 5.41) is 6.84. The van der Waals surface area contributed by atoms with Crippen molar-refractivity contribution in [1.29, 1.82) is 0 Å². The first kappa shape index (κ1) is 20.8. The molecule has 1 aromatic heterocycles. The lowest BCUT2D eigenvalue weighted by Gasteiger charge is -2.17. The van der Waals surface area contributed by atoms with Crippen molar-refractivity contribution in [2.45, 2.75) is 39.3 Å². The van der Waals surface area contributed by atoms with Gasteiger partial charge in [-0.3, -0.25) is 9.10 Å². The van der Waals surface area contributed by atoms with Crippen LogP contribution in [0.3, 0.4) is 0 Å². The molecule has 156 valence electrons. The highest BCUT2D eigenvalue weighted by atomic mass is 32.2. The number of carbonyl (C=O) groups excluding carboxylic acids is 2. The normalized spacial score (nSPS) is 14.6. The van der Waals surface area contributed by atoms with Crippen molar-refractivity contribution in [3.05, 3.63) is 41.6 Å². The molecule has 1 atom stereocenters. The van der Waals surface area contributed by atoms with Gasteiger partial charge in [0.15, 0.2) is 6.10 Å². The standard InChI is InChI=1S/C19H24N4O5S/c1-12(2)23-17(7-9-20-23)21-18(24)13(3)28-19(25)15-5-6-16-14(11-15)8-10-22(16)29(4,26)27/h5-7,9,11-13H,8,10H2,1-4H3,(H,21,24). The summed E-state index contributed by atoms with van der Waals surface area (Å²) >= 11 is 0. The van der Waals surface area contributed by atoms with Crippen molar-refractivity contribution in [3.63, 3.8) is 0 Å². The Morgan fingerprint density at radius 3 is 2.59 bits per heavy atom. The summed E-state index contributed by atoms with van der Waals surface area (Å²) < 4.78 is 31.9. The highest BCUT2D eigenvalue weighted by molar-refractivity contribution is 7.92. The van der Waals surface area contributed by atoms with E-state index >= 15 is 0 Å². The summed E-state index contributed by atoms with van der Waals surface area (Å²) in [5.74, 6) is -0.595. The Hall–Kier alpha value is -2.88. The maximum atomic E-state index is 12.5. The summed E-state index contributed by atoms with van der Waals surface area (Å²) in [7, 11) is -3.36. The smallest absolute Gasteiger partial charge is 0.338 e. The SMILES string of the molecule is CC(OC(=O)c1ccc2c(c1)CCN2S(C)(=O)=O)C(=O)Nc1ccnn1C(C)C. The number of nitrogens with zero attached hydrogens (tertiary/aromatic N) is 3. The van der Waals surface area contributed by atoms with Crippen LogP contribution in [0, 0.1) is 0 Å². The second kappa shape index (κ2) is 7.86. The molecule has 29 heavy (non-hydrogen) atoms. The van der Waals surface area contributed by atoms with Gasteiger partial charge in [-0.05, 0) is 51.0 Å². The van der Waals surface area contributed by atoms with E-state index < -0.39 is 28.0 Å². The predicted molar refractivity (Wildman–Crippen MR) is 108 cm³/mol. The predicted octanol–water partition coefficient (Wildman–Crippen LogP) is 1.97. The van der Waals surface area contributed by atoms with E-state index in [-0.39, 0.29) is 11.6 Å². The maximum Gasteiger partial charge on any atom is 0.338 e. The third kappa shape index (κ3) is 4.42. The van der Waals surface area contributed by atoms with Crippen LogP contribution < -0.4 is 9.62 Å². The molecule has 1 unspecified atom stereocenters. The zero-order chi connectivity index (χ0) is 21.3. The van der Waals surface area contributed by atoms with E-state index in [1.807, 2.05) is 13.8 Å². The van der Waals surface area contributed by atoms with Gasteiger partial charge in [0.05, 0.1) is 23.7 Å². The van der Waals surface area contributed by atoms with Crippen LogP contribution in [0.25, 0.3) is 0 Å². The summed E-state index contributed by atoms with van der Waals surface area (Å²) in [6, 6.07) is 6.44. The average molecular weight is 420 g/mol. The number of anilines is 2.